The molecule has 1 aromatic carbocycles. The molecule has 0 aliphatic carbocycles. The van der Waals surface area contributed by atoms with E-state index in [2.05, 4.69) is 15.5 Å². The van der Waals surface area contributed by atoms with Gasteiger partial charge in [-0.25, -0.2) is 4.79 Å². The lowest BCUT2D eigenvalue weighted by atomic mass is 10.2. The molecule has 0 unspecified atom stereocenters. The smallest absolute Gasteiger partial charge is 0.318 e. The average Bonchev–Trinajstić information content (AvgIpc) is 3.22. The van der Waals surface area contributed by atoms with E-state index in [0.29, 0.717) is 42.0 Å². The second-order valence-corrected chi connectivity index (χ2v) is 7.36. The van der Waals surface area contributed by atoms with E-state index >= 15 is 0 Å². The minimum atomic E-state index is -0.643. The first-order chi connectivity index (χ1) is 13.4. The Morgan fingerprint density at radius 1 is 1.14 bits per heavy atom. The van der Waals surface area contributed by atoms with E-state index in [1.165, 1.54) is 0 Å². The number of nitrogens with one attached hydrogen (secondary N) is 2. The molecule has 1 saturated heterocycles. The standard InChI is InChI=1S/C19H22Cl2N4O3/c1-13(18(26)22-12-15-3-2-10-28-15)23-19(27)25-8-6-24(7-9-25)14-4-5-16(20)17(21)11-14/h2-5,10-11,13H,6-9,12H2,1H3,(H,22,26)(H,23,27)/t13-/m0/s1. The third-order valence-electron chi connectivity index (χ3n) is 4.59. The largest absolute Gasteiger partial charge is 0.467 e. The molecule has 0 spiro atoms. The Labute approximate surface area is 173 Å². The van der Waals surface area contributed by atoms with E-state index in [9.17, 15) is 9.59 Å². The van der Waals surface area contributed by atoms with Crippen molar-refractivity contribution in [3.8, 4) is 0 Å². The van der Waals surface area contributed by atoms with Crippen molar-refractivity contribution in [3.05, 3.63) is 52.4 Å². The summed E-state index contributed by atoms with van der Waals surface area (Å²) in [7, 11) is 0. The second kappa shape index (κ2) is 9.21. The number of hydrogen-bond donors (Lipinski definition) is 2. The maximum absolute atomic E-state index is 12.4. The summed E-state index contributed by atoms with van der Waals surface area (Å²) in [5, 5.41) is 6.50. The third kappa shape index (κ3) is 5.11. The molecule has 0 bridgehead atoms. The van der Waals surface area contributed by atoms with Gasteiger partial charge in [0.05, 0.1) is 22.9 Å². The van der Waals surface area contributed by atoms with Crippen LogP contribution in [0, 0.1) is 0 Å². The number of carbonyl (C=O) groups is 2. The summed E-state index contributed by atoms with van der Waals surface area (Å²) in [5.41, 5.74) is 0.972. The van der Waals surface area contributed by atoms with Gasteiger partial charge in [-0.3, -0.25) is 4.79 Å². The van der Waals surface area contributed by atoms with Gasteiger partial charge in [0.15, 0.2) is 0 Å². The number of halogens is 2. The molecular weight excluding hydrogens is 403 g/mol. The van der Waals surface area contributed by atoms with Crippen molar-refractivity contribution >= 4 is 40.8 Å². The molecule has 1 aromatic heterocycles. The lowest BCUT2D eigenvalue weighted by Crippen LogP contribution is -2.55. The molecule has 3 rings (SSSR count). The number of furan rings is 1. The summed E-state index contributed by atoms with van der Waals surface area (Å²) in [4.78, 5) is 28.4. The summed E-state index contributed by atoms with van der Waals surface area (Å²) in [6.07, 6.45) is 1.55. The molecule has 2 heterocycles. The Bertz CT molecular complexity index is 821. The highest BCUT2D eigenvalue weighted by molar-refractivity contribution is 6.42. The van der Waals surface area contributed by atoms with Crippen LogP contribution >= 0.6 is 23.2 Å². The summed E-state index contributed by atoms with van der Waals surface area (Å²) >= 11 is 12.0. The summed E-state index contributed by atoms with van der Waals surface area (Å²) in [6, 6.07) is 8.13. The van der Waals surface area contributed by atoms with E-state index in [1.807, 2.05) is 12.1 Å². The molecule has 9 heteroatoms. The first-order valence-corrected chi connectivity index (χ1v) is 9.75. The first-order valence-electron chi connectivity index (χ1n) is 8.99. The predicted molar refractivity (Wildman–Crippen MR) is 109 cm³/mol. The van der Waals surface area contributed by atoms with E-state index in [4.69, 9.17) is 27.6 Å². The number of rotatable bonds is 5. The van der Waals surface area contributed by atoms with Crippen LogP contribution in [0.25, 0.3) is 0 Å². The highest BCUT2D eigenvalue weighted by atomic mass is 35.5. The Kier molecular flexibility index (Phi) is 6.70. The zero-order valence-electron chi connectivity index (χ0n) is 15.5. The van der Waals surface area contributed by atoms with Crippen molar-refractivity contribution in [1.29, 1.82) is 0 Å². The lowest BCUT2D eigenvalue weighted by molar-refractivity contribution is -0.122. The zero-order valence-corrected chi connectivity index (χ0v) is 17.0. The van der Waals surface area contributed by atoms with Gasteiger partial charge in [-0.1, -0.05) is 23.2 Å². The van der Waals surface area contributed by atoms with Crippen LogP contribution in [0.1, 0.15) is 12.7 Å². The minimum Gasteiger partial charge on any atom is -0.467 e. The average molecular weight is 425 g/mol. The topological polar surface area (TPSA) is 77.8 Å². The molecule has 7 nitrogen and oxygen atoms in total. The van der Waals surface area contributed by atoms with Crippen LogP contribution in [0.4, 0.5) is 10.5 Å². The van der Waals surface area contributed by atoms with Crippen molar-refractivity contribution in [3.63, 3.8) is 0 Å². The van der Waals surface area contributed by atoms with Crippen molar-refractivity contribution in [2.45, 2.75) is 19.5 Å². The molecular formula is C19H22Cl2N4O3. The van der Waals surface area contributed by atoms with Crippen molar-refractivity contribution in [2.75, 3.05) is 31.1 Å². The zero-order chi connectivity index (χ0) is 20.1. The Balaban J connectivity index is 1.45. The molecule has 1 fully saturated rings. The molecule has 1 aliphatic heterocycles. The van der Waals surface area contributed by atoms with Crippen LogP contribution in [0.3, 0.4) is 0 Å². The Morgan fingerprint density at radius 2 is 1.89 bits per heavy atom. The van der Waals surface area contributed by atoms with E-state index in [0.717, 1.165) is 5.69 Å². The van der Waals surface area contributed by atoms with Gasteiger partial charge in [0, 0.05) is 31.9 Å². The quantitative estimate of drug-likeness (QED) is 0.772. The van der Waals surface area contributed by atoms with Gasteiger partial charge >= 0.3 is 6.03 Å². The van der Waals surface area contributed by atoms with Crippen LogP contribution in [0.2, 0.25) is 10.0 Å². The van der Waals surface area contributed by atoms with Crippen LogP contribution in [0.5, 0.6) is 0 Å². The number of amides is 3. The fourth-order valence-corrected chi connectivity index (χ4v) is 3.22. The van der Waals surface area contributed by atoms with E-state index < -0.39 is 6.04 Å². The van der Waals surface area contributed by atoms with Gasteiger partial charge in [-0.05, 0) is 37.3 Å². The normalized spacial score (nSPS) is 15.2. The number of piperazine rings is 1. The first kappa shape index (κ1) is 20.4. The minimum absolute atomic E-state index is 0.255. The molecule has 2 aromatic rings. The fraction of sp³-hybridized carbons (Fsp3) is 0.368. The van der Waals surface area contributed by atoms with Crippen molar-refractivity contribution in [2.24, 2.45) is 0 Å². The van der Waals surface area contributed by atoms with Crippen molar-refractivity contribution < 1.29 is 14.0 Å². The lowest BCUT2D eigenvalue weighted by Gasteiger charge is -2.36. The second-order valence-electron chi connectivity index (χ2n) is 6.54. The number of nitrogens with zero attached hydrogens (tertiary/aromatic N) is 2. The molecule has 0 radical (unpaired) electrons. The molecule has 2 N–H and O–H groups in total. The van der Waals surface area contributed by atoms with Gasteiger partial charge in [0.25, 0.3) is 0 Å². The highest BCUT2D eigenvalue weighted by Crippen LogP contribution is 2.27. The van der Waals surface area contributed by atoms with Gasteiger partial charge in [-0.2, -0.15) is 0 Å². The molecule has 28 heavy (non-hydrogen) atoms. The van der Waals surface area contributed by atoms with Crippen LogP contribution in [0.15, 0.2) is 41.0 Å². The van der Waals surface area contributed by atoms with Crippen LogP contribution in [-0.2, 0) is 11.3 Å². The Morgan fingerprint density at radius 3 is 2.54 bits per heavy atom. The van der Waals surface area contributed by atoms with Gasteiger partial charge in [0.1, 0.15) is 11.8 Å². The van der Waals surface area contributed by atoms with E-state index in [-0.39, 0.29) is 18.5 Å². The van der Waals surface area contributed by atoms with Crippen LogP contribution < -0.4 is 15.5 Å². The molecule has 3 amide bonds. The molecule has 1 aliphatic rings. The Hall–Kier alpha value is -2.38. The summed E-state index contributed by atoms with van der Waals surface area (Å²) < 4.78 is 5.17. The van der Waals surface area contributed by atoms with Crippen LogP contribution in [-0.4, -0.2) is 49.1 Å². The number of anilines is 1. The highest BCUT2D eigenvalue weighted by Gasteiger charge is 2.24. The number of carbonyl (C=O) groups excluding carboxylic acids is 2. The SMILES string of the molecule is C[C@H](NC(=O)N1CCN(c2ccc(Cl)c(Cl)c2)CC1)C(=O)NCc1ccco1. The monoisotopic (exact) mass is 424 g/mol. The fourth-order valence-electron chi connectivity index (χ4n) is 2.93. The molecule has 150 valence electrons. The number of hydrogen-bond acceptors (Lipinski definition) is 4. The van der Waals surface area contributed by atoms with Gasteiger partial charge < -0.3 is 24.9 Å². The maximum Gasteiger partial charge on any atom is 0.318 e. The third-order valence-corrected chi connectivity index (χ3v) is 5.32. The van der Waals surface area contributed by atoms with Crippen molar-refractivity contribution in [1.82, 2.24) is 15.5 Å². The molecule has 0 saturated carbocycles. The van der Waals surface area contributed by atoms with E-state index in [1.54, 1.807) is 36.3 Å². The maximum atomic E-state index is 12.4. The predicted octanol–water partition coefficient (Wildman–Crippen LogP) is 3.12. The molecule has 1 atom stereocenters. The van der Waals surface area contributed by atoms with Gasteiger partial charge in [-0.15, -0.1) is 0 Å². The summed E-state index contributed by atoms with van der Waals surface area (Å²) in [5.74, 6) is 0.393. The number of urea groups is 1. The number of benzene rings is 1. The summed E-state index contributed by atoms with van der Waals surface area (Å²) in [6.45, 7) is 4.38. The van der Waals surface area contributed by atoms with Gasteiger partial charge in [0.2, 0.25) is 5.91 Å².